The zero-order chi connectivity index (χ0) is 12.4. The van der Waals surface area contributed by atoms with Gasteiger partial charge in [0.2, 0.25) is 0 Å². The minimum atomic E-state index is 0.571. The minimum absolute atomic E-state index is 0.571. The molecular formula is C14H24N4. The number of aromatic amines is 1. The van der Waals surface area contributed by atoms with Crippen molar-refractivity contribution in [3.05, 3.63) is 17.7 Å². The predicted octanol–water partition coefficient (Wildman–Crippen LogP) is 1.69. The first-order valence-corrected chi connectivity index (χ1v) is 7.31. The van der Waals surface area contributed by atoms with Crippen molar-refractivity contribution in [2.45, 2.75) is 57.7 Å². The molecule has 100 valence electrons. The molecule has 0 aliphatic carbocycles. The quantitative estimate of drug-likeness (QED) is 0.837. The van der Waals surface area contributed by atoms with Crippen LogP contribution >= 0.6 is 0 Å². The first kappa shape index (κ1) is 12.2. The standard InChI is InChI=1S/C14H24N4/c1-11-5-3-2-4-6-18(11)9-12-7-13-14(8-15-12)17-10-16-13/h10-12,15H,2-9H2,1H3,(H,16,17). The van der Waals surface area contributed by atoms with Crippen molar-refractivity contribution in [3.8, 4) is 0 Å². The van der Waals surface area contributed by atoms with Crippen LogP contribution in [0.15, 0.2) is 6.33 Å². The molecule has 4 heteroatoms. The molecule has 1 aromatic rings. The van der Waals surface area contributed by atoms with Gasteiger partial charge in [0.25, 0.3) is 0 Å². The molecule has 1 saturated heterocycles. The molecule has 3 heterocycles. The van der Waals surface area contributed by atoms with Crippen LogP contribution in [0, 0.1) is 0 Å². The second-order valence-corrected chi connectivity index (χ2v) is 5.80. The van der Waals surface area contributed by atoms with E-state index in [2.05, 4.69) is 27.1 Å². The van der Waals surface area contributed by atoms with E-state index in [4.69, 9.17) is 0 Å². The summed E-state index contributed by atoms with van der Waals surface area (Å²) in [7, 11) is 0. The van der Waals surface area contributed by atoms with Crippen molar-refractivity contribution in [2.75, 3.05) is 13.1 Å². The lowest BCUT2D eigenvalue weighted by atomic mass is 10.0. The normalized spacial score (nSPS) is 29.8. The SMILES string of the molecule is CC1CCCCCN1CC1Cc2nc[nH]c2CN1. The van der Waals surface area contributed by atoms with Crippen LogP contribution in [0.4, 0.5) is 0 Å². The highest BCUT2D eigenvalue weighted by Crippen LogP contribution is 2.19. The minimum Gasteiger partial charge on any atom is -0.347 e. The van der Waals surface area contributed by atoms with E-state index >= 15 is 0 Å². The predicted molar refractivity (Wildman–Crippen MR) is 72.4 cm³/mol. The lowest BCUT2D eigenvalue weighted by Crippen LogP contribution is -2.47. The van der Waals surface area contributed by atoms with E-state index in [1.807, 2.05) is 6.33 Å². The molecule has 2 aliphatic heterocycles. The monoisotopic (exact) mass is 248 g/mol. The first-order valence-electron chi connectivity index (χ1n) is 7.31. The van der Waals surface area contributed by atoms with E-state index < -0.39 is 0 Å². The Hall–Kier alpha value is -0.870. The van der Waals surface area contributed by atoms with Gasteiger partial charge in [0.1, 0.15) is 0 Å². The Bertz CT molecular complexity index is 387. The van der Waals surface area contributed by atoms with Gasteiger partial charge in [-0.3, -0.25) is 4.90 Å². The summed E-state index contributed by atoms with van der Waals surface area (Å²) >= 11 is 0. The summed E-state index contributed by atoms with van der Waals surface area (Å²) in [4.78, 5) is 10.3. The second kappa shape index (κ2) is 5.41. The van der Waals surface area contributed by atoms with Crippen molar-refractivity contribution in [1.82, 2.24) is 20.2 Å². The summed E-state index contributed by atoms with van der Waals surface area (Å²) < 4.78 is 0. The Balaban J connectivity index is 1.60. The molecule has 0 spiro atoms. The fraction of sp³-hybridized carbons (Fsp3) is 0.786. The van der Waals surface area contributed by atoms with Gasteiger partial charge >= 0.3 is 0 Å². The van der Waals surface area contributed by atoms with Crippen LogP contribution in [0.2, 0.25) is 0 Å². The molecule has 4 nitrogen and oxygen atoms in total. The zero-order valence-corrected chi connectivity index (χ0v) is 11.3. The van der Waals surface area contributed by atoms with E-state index in [0.717, 1.165) is 19.0 Å². The van der Waals surface area contributed by atoms with E-state index in [9.17, 15) is 0 Å². The Morgan fingerprint density at radius 3 is 3.28 bits per heavy atom. The molecule has 0 amide bonds. The number of aromatic nitrogens is 2. The smallest absolute Gasteiger partial charge is 0.0925 e. The average molecular weight is 248 g/mol. The third-order valence-corrected chi connectivity index (χ3v) is 4.46. The van der Waals surface area contributed by atoms with Crippen molar-refractivity contribution in [2.24, 2.45) is 0 Å². The maximum atomic E-state index is 4.42. The Morgan fingerprint density at radius 1 is 1.39 bits per heavy atom. The van der Waals surface area contributed by atoms with Gasteiger partial charge in [-0.05, 0) is 26.3 Å². The third-order valence-electron chi connectivity index (χ3n) is 4.46. The zero-order valence-electron chi connectivity index (χ0n) is 11.3. The number of rotatable bonds is 2. The van der Waals surface area contributed by atoms with Crippen LogP contribution in [0.25, 0.3) is 0 Å². The van der Waals surface area contributed by atoms with E-state index in [-0.39, 0.29) is 0 Å². The van der Waals surface area contributed by atoms with Crippen LogP contribution in [0.5, 0.6) is 0 Å². The molecule has 2 atom stereocenters. The van der Waals surface area contributed by atoms with Crippen LogP contribution in [0.3, 0.4) is 0 Å². The lowest BCUT2D eigenvalue weighted by Gasteiger charge is -2.33. The first-order chi connectivity index (χ1) is 8.83. The molecule has 3 rings (SSSR count). The van der Waals surface area contributed by atoms with Gasteiger partial charge < -0.3 is 10.3 Å². The number of H-pyrrole nitrogens is 1. The number of imidazole rings is 1. The Labute approximate surface area is 109 Å². The van der Waals surface area contributed by atoms with Crippen LogP contribution < -0.4 is 5.32 Å². The van der Waals surface area contributed by atoms with E-state index in [0.29, 0.717) is 6.04 Å². The van der Waals surface area contributed by atoms with Crippen LogP contribution in [-0.2, 0) is 13.0 Å². The third kappa shape index (κ3) is 2.59. The largest absolute Gasteiger partial charge is 0.347 e. The summed E-state index contributed by atoms with van der Waals surface area (Å²) in [6.07, 6.45) is 8.43. The van der Waals surface area contributed by atoms with Gasteiger partial charge in [-0.25, -0.2) is 4.98 Å². The molecule has 2 unspecified atom stereocenters. The number of nitrogens with zero attached hydrogens (tertiary/aromatic N) is 2. The maximum Gasteiger partial charge on any atom is 0.0925 e. The topological polar surface area (TPSA) is 44.0 Å². The molecule has 1 aromatic heterocycles. The fourth-order valence-electron chi connectivity index (χ4n) is 3.25. The average Bonchev–Trinajstić information content (AvgIpc) is 2.75. The Morgan fingerprint density at radius 2 is 2.33 bits per heavy atom. The number of likely N-dealkylation sites (tertiary alicyclic amines) is 1. The van der Waals surface area contributed by atoms with E-state index in [1.54, 1.807) is 0 Å². The molecule has 0 saturated carbocycles. The number of nitrogens with one attached hydrogen (secondary N) is 2. The van der Waals surface area contributed by atoms with Crippen molar-refractivity contribution in [1.29, 1.82) is 0 Å². The van der Waals surface area contributed by atoms with Crippen molar-refractivity contribution in [3.63, 3.8) is 0 Å². The highest BCUT2D eigenvalue weighted by atomic mass is 15.2. The van der Waals surface area contributed by atoms with E-state index in [1.165, 1.54) is 50.2 Å². The molecule has 0 radical (unpaired) electrons. The van der Waals surface area contributed by atoms with Crippen LogP contribution in [0.1, 0.15) is 44.0 Å². The molecular weight excluding hydrogens is 224 g/mol. The number of hydrogen-bond acceptors (Lipinski definition) is 3. The number of fused-ring (bicyclic) bond motifs is 1. The van der Waals surface area contributed by atoms with Crippen molar-refractivity contribution >= 4 is 0 Å². The summed E-state index contributed by atoms with van der Waals surface area (Å²) in [5, 5.41) is 3.64. The van der Waals surface area contributed by atoms with Crippen LogP contribution in [-0.4, -0.2) is 40.0 Å². The fourth-order valence-corrected chi connectivity index (χ4v) is 3.25. The highest BCUT2D eigenvalue weighted by Gasteiger charge is 2.24. The summed E-state index contributed by atoms with van der Waals surface area (Å²) in [5.41, 5.74) is 2.54. The molecule has 18 heavy (non-hydrogen) atoms. The van der Waals surface area contributed by atoms with Gasteiger partial charge in [0.15, 0.2) is 0 Å². The molecule has 2 aliphatic rings. The molecule has 1 fully saturated rings. The molecule has 0 bridgehead atoms. The van der Waals surface area contributed by atoms with Gasteiger partial charge in [-0.1, -0.05) is 12.8 Å². The second-order valence-electron chi connectivity index (χ2n) is 5.80. The molecule has 0 aromatic carbocycles. The number of hydrogen-bond donors (Lipinski definition) is 2. The van der Waals surface area contributed by atoms with Gasteiger partial charge in [-0.2, -0.15) is 0 Å². The highest BCUT2D eigenvalue weighted by molar-refractivity contribution is 5.16. The van der Waals surface area contributed by atoms with Gasteiger partial charge in [0, 0.05) is 31.6 Å². The van der Waals surface area contributed by atoms with Crippen molar-refractivity contribution < 1.29 is 0 Å². The summed E-state index contributed by atoms with van der Waals surface area (Å²) in [5.74, 6) is 0. The summed E-state index contributed by atoms with van der Waals surface area (Å²) in [6.45, 7) is 5.77. The summed E-state index contributed by atoms with van der Waals surface area (Å²) in [6, 6.07) is 1.32. The van der Waals surface area contributed by atoms with Gasteiger partial charge in [-0.15, -0.1) is 0 Å². The lowest BCUT2D eigenvalue weighted by molar-refractivity contribution is 0.186. The van der Waals surface area contributed by atoms with Gasteiger partial charge in [0.05, 0.1) is 17.7 Å². The maximum absolute atomic E-state index is 4.42. The Kier molecular flexibility index (Phi) is 3.66. The molecule has 2 N–H and O–H groups in total.